The molecule has 23 heavy (non-hydrogen) atoms. The highest BCUT2D eigenvalue weighted by molar-refractivity contribution is 5.97. The quantitative estimate of drug-likeness (QED) is 0.856. The summed E-state index contributed by atoms with van der Waals surface area (Å²) in [5.41, 5.74) is 0.293. The van der Waals surface area contributed by atoms with E-state index in [9.17, 15) is 14.0 Å². The lowest BCUT2D eigenvalue weighted by Gasteiger charge is -2.14. The van der Waals surface area contributed by atoms with Crippen LogP contribution in [0, 0.1) is 11.7 Å². The van der Waals surface area contributed by atoms with Gasteiger partial charge in [0, 0.05) is 38.1 Å². The number of imidazole rings is 1. The topological polar surface area (TPSA) is 76.0 Å². The minimum absolute atomic E-state index is 0.0916. The van der Waals surface area contributed by atoms with Gasteiger partial charge in [-0.3, -0.25) is 9.59 Å². The highest BCUT2D eigenvalue weighted by Gasteiger charge is 2.14. The predicted molar refractivity (Wildman–Crippen MR) is 84.4 cm³/mol. The molecule has 6 nitrogen and oxygen atoms in total. The molecule has 0 spiro atoms. The molecule has 0 aliphatic rings. The molecule has 0 saturated carbocycles. The first-order valence-electron chi connectivity index (χ1n) is 7.27. The predicted octanol–water partition coefficient (Wildman–Crippen LogP) is 2.05. The van der Waals surface area contributed by atoms with Gasteiger partial charge in [0.1, 0.15) is 5.82 Å². The number of nitrogens with one attached hydrogen (secondary N) is 2. The van der Waals surface area contributed by atoms with Crippen molar-refractivity contribution in [2.75, 3.05) is 11.9 Å². The third kappa shape index (κ3) is 4.91. The lowest BCUT2D eigenvalue weighted by molar-refractivity contribution is -0.114. The zero-order valence-corrected chi connectivity index (χ0v) is 13.0. The molecule has 0 fully saturated rings. The van der Waals surface area contributed by atoms with Crippen LogP contribution in [0.25, 0.3) is 0 Å². The summed E-state index contributed by atoms with van der Waals surface area (Å²) in [7, 11) is 0. The average molecular weight is 318 g/mol. The van der Waals surface area contributed by atoms with Gasteiger partial charge in [-0.05, 0) is 24.1 Å². The molecule has 2 amide bonds. The molecule has 0 radical (unpaired) electrons. The van der Waals surface area contributed by atoms with E-state index < -0.39 is 11.7 Å². The molecule has 0 aliphatic heterocycles. The molecule has 2 aromatic rings. The van der Waals surface area contributed by atoms with E-state index in [4.69, 9.17) is 0 Å². The lowest BCUT2D eigenvalue weighted by atomic mass is 10.1. The Labute approximate surface area is 133 Å². The SMILES string of the molecule is CC(=O)Nc1ccc(F)c(C(=O)NC[C@H](C)Cn2ccnc2)c1. The summed E-state index contributed by atoms with van der Waals surface area (Å²) in [6, 6.07) is 3.90. The number of rotatable bonds is 6. The molecule has 0 saturated heterocycles. The third-order valence-corrected chi connectivity index (χ3v) is 3.22. The number of carbonyl (C=O) groups excluding carboxylic acids is 2. The minimum atomic E-state index is -0.626. The van der Waals surface area contributed by atoms with Crippen LogP contribution in [0.1, 0.15) is 24.2 Å². The van der Waals surface area contributed by atoms with Crippen LogP contribution in [-0.2, 0) is 11.3 Å². The van der Waals surface area contributed by atoms with Crippen molar-refractivity contribution < 1.29 is 14.0 Å². The van der Waals surface area contributed by atoms with Crippen molar-refractivity contribution in [2.45, 2.75) is 20.4 Å². The van der Waals surface area contributed by atoms with Crippen molar-refractivity contribution in [3.05, 3.63) is 48.3 Å². The molecular weight excluding hydrogens is 299 g/mol. The van der Waals surface area contributed by atoms with Gasteiger partial charge in [0.15, 0.2) is 0 Å². The number of carbonyl (C=O) groups is 2. The van der Waals surface area contributed by atoms with E-state index in [1.165, 1.54) is 19.1 Å². The molecule has 0 aliphatic carbocycles. The van der Waals surface area contributed by atoms with Crippen molar-refractivity contribution in [1.82, 2.24) is 14.9 Å². The monoisotopic (exact) mass is 318 g/mol. The molecule has 2 rings (SSSR count). The minimum Gasteiger partial charge on any atom is -0.352 e. The van der Waals surface area contributed by atoms with Gasteiger partial charge in [0.2, 0.25) is 5.91 Å². The Kier molecular flexibility index (Phi) is 5.46. The summed E-state index contributed by atoms with van der Waals surface area (Å²) >= 11 is 0. The second-order valence-corrected chi connectivity index (χ2v) is 5.45. The number of benzene rings is 1. The molecule has 7 heteroatoms. The molecular formula is C16H19FN4O2. The van der Waals surface area contributed by atoms with Crippen LogP contribution in [0.5, 0.6) is 0 Å². The number of hydrogen-bond donors (Lipinski definition) is 2. The van der Waals surface area contributed by atoms with E-state index in [2.05, 4.69) is 15.6 Å². The van der Waals surface area contributed by atoms with E-state index in [1.54, 1.807) is 12.5 Å². The zero-order chi connectivity index (χ0) is 16.8. The Bertz CT molecular complexity index is 685. The Balaban J connectivity index is 1.95. The lowest BCUT2D eigenvalue weighted by Crippen LogP contribution is -2.30. The molecule has 1 aromatic heterocycles. The number of halogens is 1. The fourth-order valence-electron chi connectivity index (χ4n) is 2.16. The first-order chi connectivity index (χ1) is 11.0. The summed E-state index contributed by atoms with van der Waals surface area (Å²) in [4.78, 5) is 27.1. The Morgan fingerprint density at radius 1 is 1.39 bits per heavy atom. The van der Waals surface area contributed by atoms with Crippen molar-refractivity contribution in [1.29, 1.82) is 0 Å². The van der Waals surface area contributed by atoms with Gasteiger partial charge in [-0.25, -0.2) is 9.37 Å². The van der Waals surface area contributed by atoms with Crippen molar-refractivity contribution in [2.24, 2.45) is 5.92 Å². The van der Waals surface area contributed by atoms with Crippen LogP contribution in [0.2, 0.25) is 0 Å². The maximum atomic E-state index is 13.8. The van der Waals surface area contributed by atoms with Gasteiger partial charge in [0.05, 0.1) is 11.9 Å². The zero-order valence-electron chi connectivity index (χ0n) is 13.0. The fraction of sp³-hybridized carbons (Fsp3) is 0.312. The van der Waals surface area contributed by atoms with E-state index in [-0.39, 0.29) is 17.4 Å². The van der Waals surface area contributed by atoms with Crippen LogP contribution in [0.3, 0.4) is 0 Å². The summed E-state index contributed by atoms with van der Waals surface area (Å²) in [5, 5.41) is 5.23. The van der Waals surface area contributed by atoms with Crippen LogP contribution < -0.4 is 10.6 Å². The molecule has 0 unspecified atom stereocenters. The van der Waals surface area contributed by atoms with Crippen LogP contribution in [-0.4, -0.2) is 27.9 Å². The summed E-state index contributed by atoms with van der Waals surface area (Å²) < 4.78 is 15.7. The van der Waals surface area contributed by atoms with Gasteiger partial charge >= 0.3 is 0 Å². The van der Waals surface area contributed by atoms with E-state index in [1.807, 2.05) is 17.7 Å². The van der Waals surface area contributed by atoms with Crippen molar-refractivity contribution in [3.8, 4) is 0 Å². The van der Waals surface area contributed by atoms with E-state index in [0.717, 1.165) is 6.07 Å². The van der Waals surface area contributed by atoms with Gasteiger partial charge in [-0.1, -0.05) is 6.92 Å². The van der Waals surface area contributed by atoms with E-state index in [0.29, 0.717) is 18.8 Å². The van der Waals surface area contributed by atoms with Crippen molar-refractivity contribution >= 4 is 17.5 Å². The second kappa shape index (κ2) is 7.53. The first kappa shape index (κ1) is 16.7. The molecule has 122 valence electrons. The normalized spacial score (nSPS) is 11.8. The molecule has 0 bridgehead atoms. The fourth-order valence-corrected chi connectivity index (χ4v) is 2.16. The van der Waals surface area contributed by atoms with Gasteiger partial charge in [-0.15, -0.1) is 0 Å². The highest BCUT2D eigenvalue weighted by atomic mass is 19.1. The van der Waals surface area contributed by atoms with Crippen LogP contribution >= 0.6 is 0 Å². The smallest absolute Gasteiger partial charge is 0.254 e. The largest absolute Gasteiger partial charge is 0.352 e. The molecule has 2 N–H and O–H groups in total. The molecule has 1 aromatic carbocycles. The number of nitrogens with zero attached hydrogens (tertiary/aromatic N) is 2. The van der Waals surface area contributed by atoms with E-state index >= 15 is 0 Å². The Morgan fingerprint density at radius 2 is 2.17 bits per heavy atom. The second-order valence-electron chi connectivity index (χ2n) is 5.45. The maximum Gasteiger partial charge on any atom is 0.254 e. The highest BCUT2D eigenvalue weighted by Crippen LogP contribution is 2.15. The third-order valence-electron chi connectivity index (χ3n) is 3.22. The van der Waals surface area contributed by atoms with Crippen LogP contribution in [0.4, 0.5) is 10.1 Å². The Morgan fingerprint density at radius 3 is 2.83 bits per heavy atom. The average Bonchev–Trinajstić information content (AvgIpc) is 2.99. The summed E-state index contributed by atoms with van der Waals surface area (Å²) in [5.74, 6) is -1.25. The van der Waals surface area contributed by atoms with Gasteiger partial charge < -0.3 is 15.2 Å². The number of amides is 2. The summed E-state index contributed by atoms with van der Waals surface area (Å²) in [6.07, 6.45) is 5.23. The maximum absolute atomic E-state index is 13.8. The van der Waals surface area contributed by atoms with Gasteiger partial charge in [-0.2, -0.15) is 0 Å². The van der Waals surface area contributed by atoms with Crippen LogP contribution in [0.15, 0.2) is 36.9 Å². The molecule has 1 heterocycles. The Hall–Kier alpha value is -2.70. The number of hydrogen-bond acceptors (Lipinski definition) is 3. The number of aromatic nitrogens is 2. The van der Waals surface area contributed by atoms with Crippen molar-refractivity contribution in [3.63, 3.8) is 0 Å². The standard InChI is InChI=1S/C16H19FN4O2/c1-11(9-21-6-5-18-10-21)8-19-16(23)14-7-13(20-12(2)22)3-4-15(14)17/h3-7,10-11H,8-9H2,1-2H3,(H,19,23)(H,20,22)/t11-/m0/s1. The number of anilines is 1. The first-order valence-corrected chi connectivity index (χ1v) is 7.27. The van der Waals surface area contributed by atoms with Gasteiger partial charge in [0.25, 0.3) is 5.91 Å². The summed E-state index contributed by atoms with van der Waals surface area (Å²) in [6.45, 7) is 4.43. The molecule has 1 atom stereocenters.